The minimum atomic E-state index is -0.119. The molecule has 2 heterocycles. The topological polar surface area (TPSA) is 80.7 Å². The molecule has 2 amide bonds. The molecule has 9 heteroatoms. The van der Waals surface area contributed by atoms with Crippen LogP contribution < -0.4 is 9.47 Å². The molecule has 0 aliphatic carbocycles. The summed E-state index contributed by atoms with van der Waals surface area (Å²) in [6.45, 7) is 7.22. The fraction of sp³-hybridized carbons (Fsp3) is 0.370. The number of rotatable bonds is 8. The molecule has 0 unspecified atom stereocenters. The highest BCUT2D eigenvalue weighted by atomic mass is 32.2. The van der Waals surface area contributed by atoms with Crippen molar-refractivity contribution in [3.05, 3.63) is 58.5 Å². The van der Waals surface area contributed by atoms with Gasteiger partial charge in [0.25, 0.3) is 11.8 Å². The van der Waals surface area contributed by atoms with Gasteiger partial charge in [-0.25, -0.2) is 4.99 Å². The molecule has 2 saturated heterocycles. The molecular weight excluding hydrogens is 478 g/mol. The molecule has 190 valence electrons. The minimum absolute atomic E-state index is 0.0407. The van der Waals surface area contributed by atoms with Crippen molar-refractivity contribution in [3.63, 3.8) is 0 Å². The first kappa shape index (κ1) is 25.8. The lowest BCUT2D eigenvalue weighted by atomic mass is 10.1. The zero-order chi connectivity index (χ0) is 25.5. The Balaban J connectivity index is 1.61. The first-order valence-corrected chi connectivity index (χ1v) is 12.9. The number of carbonyl (C=O) groups is 2. The Bertz CT molecular complexity index is 1170. The van der Waals surface area contributed by atoms with Crippen LogP contribution in [0.4, 0.5) is 5.69 Å². The van der Waals surface area contributed by atoms with Crippen LogP contribution in [0.15, 0.2) is 52.4 Å². The van der Waals surface area contributed by atoms with Crippen LogP contribution in [0, 0.1) is 0 Å². The van der Waals surface area contributed by atoms with Crippen LogP contribution in [0.25, 0.3) is 6.08 Å². The fourth-order valence-electron chi connectivity index (χ4n) is 3.95. The van der Waals surface area contributed by atoms with Gasteiger partial charge in [-0.3, -0.25) is 14.5 Å². The summed E-state index contributed by atoms with van der Waals surface area (Å²) in [6, 6.07) is 12.8. The highest BCUT2D eigenvalue weighted by Crippen LogP contribution is 2.38. The zero-order valence-electron chi connectivity index (χ0n) is 20.9. The van der Waals surface area contributed by atoms with Crippen molar-refractivity contribution >= 4 is 40.5 Å². The number of nitrogens with zero attached hydrogens (tertiary/aromatic N) is 3. The Labute approximate surface area is 215 Å². The summed E-state index contributed by atoms with van der Waals surface area (Å²) in [5.41, 5.74) is 1.97. The van der Waals surface area contributed by atoms with E-state index in [1.807, 2.05) is 50.3 Å². The van der Waals surface area contributed by atoms with Gasteiger partial charge in [-0.1, -0.05) is 25.1 Å². The average Bonchev–Trinajstić information content (AvgIpc) is 3.21. The van der Waals surface area contributed by atoms with Gasteiger partial charge >= 0.3 is 0 Å². The van der Waals surface area contributed by atoms with Crippen molar-refractivity contribution in [2.24, 2.45) is 4.99 Å². The zero-order valence-corrected chi connectivity index (χ0v) is 21.7. The average molecular weight is 510 g/mol. The van der Waals surface area contributed by atoms with Crippen LogP contribution in [-0.4, -0.2) is 73.3 Å². The van der Waals surface area contributed by atoms with E-state index in [1.165, 1.54) is 11.8 Å². The molecule has 36 heavy (non-hydrogen) atoms. The number of hydrogen-bond acceptors (Lipinski definition) is 7. The number of morpholine rings is 1. The van der Waals surface area contributed by atoms with Crippen molar-refractivity contribution in [1.82, 2.24) is 9.80 Å². The van der Waals surface area contributed by atoms with Gasteiger partial charge in [0, 0.05) is 30.8 Å². The monoisotopic (exact) mass is 509 g/mol. The predicted octanol–water partition coefficient (Wildman–Crippen LogP) is 4.58. The van der Waals surface area contributed by atoms with Crippen LogP contribution in [0.5, 0.6) is 11.5 Å². The molecule has 0 N–H and O–H groups in total. The van der Waals surface area contributed by atoms with Crippen LogP contribution in [0.2, 0.25) is 0 Å². The van der Waals surface area contributed by atoms with Gasteiger partial charge in [-0.15, -0.1) is 0 Å². The van der Waals surface area contributed by atoms with E-state index in [2.05, 4.69) is 0 Å². The number of methoxy groups -OCH3 is 1. The summed E-state index contributed by atoms with van der Waals surface area (Å²) in [6.07, 6.45) is 2.68. The van der Waals surface area contributed by atoms with Gasteiger partial charge in [-0.05, 0) is 55.4 Å². The normalized spacial score (nSPS) is 18.2. The van der Waals surface area contributed by atoms with E-state index in [0.717, 1.165) is 12.0 Å². The summed E-state index contributed by atoms with van der Waals surface area (Å²) in [5.74, 6) is 1.08. The van der Waals surface area contributed by atoms with Crippen molar-refractivity contribution in [2.75, 3.05) is 46.6 Å². The number of likely N-dealkylation sites (N-methyl/N-ethyl adjacent to an activating group) is 1. The van der Waals surface area contributed by atoms with E-state index in [-0.39, 0.29) is 11.8 Å². The molecule has 2 aromatic rings. The number of para-hydroxylation sites is 1. The van der Waals surface area contributed by atoms with Crippen LogP contribution >= 0.6 is 11.8 Å². The minimum Gasteiger partial charge on any atom is -0.493 e. The number of hydrogen-bond donors (Lipinski definition) is 0. The first-order valence-electron chi connectivity index (χ1n) is 12.1. The summed E-state index contributed by atoms with van der Waals surface area (Å²) in [4.78, 5) is 34.8. The number of carbonyl (C=O) groups excluding carboxylic acids is 2. The number of amides is 2. The molecule has 0 atom stereocenters. The van der Waals surface area contributed by atoms with Crippen LogP contribution in [-0.2, 0) is 9.53 Å². The number of aliphatic imine (C=N–C) groups is 1. The fourth-order valence-corrected chi connectivity index (χ4v) is 5.00. The maximum absolute atomic E-state index is 13.2. The van der Waals surface area contributed by atoms with Crippen molar-refractivity contribution in [2.45, 2.75) is 20.3 Å². The quantitative estimate of drug-likeness (QED) is 0.485. The molecule has 2 aliphatic heterocycles. The second kappa shape index (κ2) is 12.1. The smallest absolute Gasteiger partial charge is 0.266 e. The molecule has 4 rings (SSSR count). The molecule has 2 aliphatic rings. The van der Waals surface area contributed by atoms with Crippen LogP contribution in [0.1, 0.15) is 36.2 Å². The maximum atomic E-state index is 13.2. The third kappa shape index (κ3) is 5.74. The molecule has 0 saturated carbocycles. The summed E-state index contributed by atoms with van der Waals surface area (Å²) in [5, 5.41) is 0.573. The van der Waals surface area contributed by atoms with E-state index in [1.54, 1.807) is 29.0 Å². The van der Waals surface area contributed by atoms with E-state index in [4.69, 9.17) is 19.2 Å². The molecule has 2 aromatic carbocycles. The Hall–Kier alpha value is -3.30. The standard InChI is InChI=1S/C27H31N3O5S/c1-4-14-35-24-19(8-7-11-22(24)33-3)18-23-26(32)30(5-2)27(36-23)28-21-10-6-9-20(17-21)25(31)29-12-15-34-16-13-29/h6-11,17-18H,4-5,12-16H2,1-3H3/b23-18+,28-27?. The summed E-state index contributed by atoms with van der Waals surface area (Å²) < 4.78 is 16.8. The molecule has 0 bridgehead atoms. The largest absolute Gasteiger partial charge is 0.493 e. The Kier molecular flexibility index (Phi) is 8.66. The second-order valence-corrected chi connectivity index (χ2v) is 9.25. The maximum Gasteiger partial charge on any atom is 0.266 e. The highest BCUT2D eigenvalue weighted by Gasteiger charge is 2.32. The predicted molar refractivity (Wildman–Crippen MR) is 142 cm³/mol. The first-order chi connectivity index (χ1) is 17.5. The molecule has 0 spiro atoms. The van der Waals surface area contributed by atoms with Gasteiger partial charge in [0.2, 0.25) is 0 Å². The highest BCUT2D eigenvalue weighted by molar-refractivity contribution is 8.18. The van der Waals surface area contributed by atoms with E-state index in [9.17, 15) is 9.59 Å². The van der Waals surface area contributed by atoms with Gasteiger partial charge in [0.15, 0.2) is 16.7 Å². The third-order valence-corrected chi connectivity index (χ3v) is 6.79. The molecule has 8 nitrogen and oxygen atoms in total. The van der Waals surface area contributed by atoms with Gasteiger partial charge in [0.1, 0.15) is 0 Å². The van der Waals surface area contributed by atoms with E-state index < -0.39 is 0 Å². The lowest BCUT2D eigenvalue weighted by Crippen LogP contribution is -2.40. The summed E-state index contributed by atoms with van der Waals surface area (Å²) >= 11 is 1.31. The Morgan fingerprint density at radius 1 is 1.17 bits per heavy atom. The van der Waals surface area contributed by atoms with Crippen molar-refractivity contribution in [1.29, 1.82) is 0 Å². The van der Waals surface area contributed by atoms with E-state index in [0.29, 0.717) is 72.3 Å². The molecule has 0 aromatic heterocycles. The lowest BCUT2D eigenvalue weighted by Gasteiger charge is -2.26. The number of amidine groups is 1. The number of thioether (sulfide) groups is 1. The molecule has 0 radical (unpaired) electrons. The van der Waals surface area contributed by atoms with E-state index >= 15 is 0 Å². The molecule has 2 fully saturated rings. The summed E-state index contributed by atoms with van der Waals surface area (Å²) in [7, 11) is 1.60. The van der Waals surface area contributed by atoms with Crippen LogP contribution in [0.3, 0.4) is 0 Å². The van der Waals surface area contributed by atoms with Gasteiger partial charge < -0.3 is 19.1 Å². The Morgan fingerprint density at radius 2 is 1.94 bits per heavy atom. The lowest BCUT2D eigenvalue weighted by molar-refractivity contribution is -0.122. The Morgan fingerprint density at radius 3 is 2.67 bits per heavy atom. The van der Waals surface area contributed by atoms with Crippen molar-refractivity contribution < 1.29 is 23.8 Å². The number of benzene rings is 2. The van der Waals surface area contributed by atoms with Gasteiger partial charge in [-0.2, -0.15) is 0 Å². The molecular formula is C27H31N3O5S. The van der Waals surface area contributed by atoms with Gasteiger partial charge in [0.05, 0.1) is 37.5 Å². The second-order valence-electron chi connectivity index (χ2n) is 8.24. The van der Waals surface area contributed by atoms with Crippen molar-refractivity contribution in [3.8, 4) is 11.5 Å². The number of ether oxygens (including phenoxy) is 3. The third-order valence-electron chi connectivity index (χ3n) is 5.79. The SMILES string of the molecule is CCCOc1c(/C=C2/SC(=Nc3cccc(C(=O)N4CCOCC4)c3)N(CC)C2=O)cccc1OC.